The monoisotopic (exact) mass is 316 g/mol. The molecule has 0 bridgehead atoms. The van der Waals surface area contributed by atoms with Gasteiger partial charge in [0, 0.05) is 6.07 Å². The summed E-state index contributed by atoms with van der Waals surface area (Å²) in [6.45, 7) is 1.55. The third-order valence-corrected chi connectivity index (χ3v) is 3.53. The first-order valence-electron chi connectivity index (χ1n) is 6.59. The highest BCUT2D eigenvalue weighted by atomic mass is 19.2. The van der Waals surface area contributed by atoms with E-state index in [1.165, 1.54) is 12.1 Å². The maximum Gasteiger partial charge on any atom is 0.343 e. The van der Waals surface area contributed by atoms with Gasteiger partial charge in [0.15, 0.2) is 11.6 Å². The van der Waals surface area contributed by atoms with Gasteiger partial charge in [-0.2, -0.15) is 5.26 Å². The summed E-state index contributed by atoms with van der Waals surface area (Å²) in [5.74, 6) is -2.89. The van der Waals surface area contributed by atoms with E-state index in [1.54, 1.807) is 6.92 Å². The summed E-state index contributed by atoms with van der Waals surface area (Å²) in [7, 11) is 0. The minimum absolute atomic E-state index is 0.0207. The maximum absolute atomic E-state index is 13.6. The average Bonchev–Trinajstić information content (AvgIpc) is 2.48. The second-order valence-electron chi connectivity index (χ2n) is 5.02. The molecule has 5 nitrogen and oxygen atoms in total. The molecule has 1 aromatic heterocycles. The highest BCUT2D eigenvalue weighted by Crippen LogP contribution is 2.40. The summed E-state index contributed by atoms with van der Waals surface area (Å²) >= 11 is 0. The molecule has 0 fully saturated rings. The van der Waals surface area contributed by atoms with Crippen molar-refractivity contribution in [3.05, 3.63) is 74.7 Å². The van der Waals surface area contributed by atoms with E-state index in [0.29, 0.717) is 5.76 Å². The number of halogens is 2. The molecule has 1 aliphatic heterocycles. The summed E-state index contributed by atoms with van der Waals surface area (Å²) in [5.41, 5.74) is 5.16. The summed E-state index contributed by atoms with van der Waals surface area (Å²) < 4.78 is 37.1. The zero-order valence-corrected chi connectivity index (χ0v) is 11.9. The van der Waals surface area contributed by atoms with Crippen LogP contribution < -0.4 is 16.1 Å². The Morgan fingerprint density at radius 3 is 2.65 bits per heavy atom. The topological polar surface area (TPSA) is 89.2 Å². The summed E-state index contributed by atoms with van der Waals surface area (Å²) in [6.07, 6.45) is 0. The molecule has 2 aromatic rings. The van der Waals surface area contributed by atoms with E-state index in [4.69, 9.17) is 14.9 Å². The van der Waals surface area contributed by atoms with Crippen LogP contribution in [0.25, 0.3) is 0 Å². The van der Waals surface area contributed by atoms with Gasteiger partial charge in [0.25, 0.3) is 0 Å². The molecule has 0 aliphatic carbocycles. The van der Waals surface area contributed by atoms with Crippen LogP contribution >= 0.6 is 0 Å². The van der Waals surface area contributed by atoms with Crippen LogP contribution in [0.4, 0.5) is 8.78 Å². The molecule has 0 unspecified atom stereocenters. The molecule has 0 radical (unpaired) electrons. The Morgan fingerprint density at radius 1 is 1.26 bits per heavy atom. The summed E-state index contributed by atoms with van der Waals surface area (Å²) in [6, 6.07) is 6.41. The number of ether oxygens (including phenoxy) is 1. The van der Waals surface area contributed by atoms with Crippen LogP contribution in [-0.4, -0.2) is 0 Å². The van der Waals surface area contributed by atoms with Crippen molar-refractivity contribution in [2.24, 2.45) is 5.73 Å². The quantitative estimate of drug-likeness (QED) is 0.873. The number of nitriles is 1. The number of aryl methyl sites for hydroxylation is 1. The normalized spacial score (nSPS) is 16.5. The summed E-state index contributed by atoms with van der Waals surface area (Å²) in [5, 5.41) is 9.32. The van der Waals surface area contributed by atoms with Crippen molar-refractivity contribution in [3.8, 4) is 11.8 Å². The molecular weight excluding hydrogens is 306 g/mol. The number of fused-ring (bicyclic) bond motifs is 1. The third-order valence-electron chi connectivity index (χ3n) is 3.53. The first-order valence-corrected chi connectivity index (χ1v) is 6.59. The summed E-state index contributed by atoms with van der Waals surface area (Å²) in [4.78, 5) is 12.2. The molecule has 2 N–H and O–H groups in total. The standard InChI is InChI=1S/C16H10F2N2O3/c1-7-4-12-14(16(21)22-7)13(9(6-19)15(20)23-12)8-2-3-10(17)11(18)5-8/h2-5,13H,20H2,1H3/t13-/m0/s1. The van der Waals surface area contributed by atoms with Crippen molar-refractivity contribution in [2.45, 2.75) is 12.8 Å². The Hall–Kier alpha value is -3.14. The number of hydrogen-bond acceptors (Lipinski definition) is 5. The molecule has 7 heteroatoms. The Labute approximate surface area is 129 Å². The largest absolute Gasteiger partial charge is 0.440 e. The molecule has 3 rings (SSSR count). The Kier molecular flexibility index (Phi) is 3.37. The maximum atomic E-state index is 13.6. The van der Waals surface area contributed by atoms with Crippen LogP contribution in [0.3, 0.4) is 0 Å². The smallest absolute Gasteiger partial charge is 0.343 e. The van der Waals surface area contributed by atoms with E-state index >= 15 is 0 Å². The van der Waals surface area contributed by atoms with E-state index in [1.807, 2.05) is 6.07 Å². The van der Waals surface area contributed by atoms with Crippen LogP contribution in [0.15, 0.2) is 44.9 Å². The predicted molar refractivity (Wildman–Crippen MR) is 75.4 cm³/mol. The van der Waals surface area contributed by atoms with E-state index < -0.39 is 23.2 Å². The van der Waals surface area contributed by atoms with E-state index in [9.17, 15) is 18.8 Å². The highest BCUT2D eigenvalue weighted by Gasteiger charge is 2.34. The van der Waals surface area contributed by atoms with Gasteiger partial charge >= 0.3 is 5.63 Å². The van der Waals surface area contributed by atoms with E-state index in [-0.39, 0.29) is 28.3 Å². The first kappa shape index (κ1) is 14.8. The van der Waals surface area contributed by atoms with Crippen molar-refractivity contribution in [2.75, 3.05) is 0 Å². The van der Waals surface area contributed by atoms with Gasteiger partial charge in [-0.3, -0.25) is 0 Å². The molecular formula is C16H10F2N2O3. The second kappa shape index (κ2) is 5.25. The van der Waals surface area contributed by atoms with Gasteiger partial charge in [0.1, 0.15) is 23.2 Å². The molecule has 0 spiro atoms. The van der Waals surface area contributed by atoms with Crippen LogP contribution in [0, 0.1) is 29.9 Å². The molecule has 1 aliphatic rings. The molecule has 0 amide bonds. The highest BCUT2D eigenvalue weighted by molar-refractivity contribution is 5.54. The molecule has 1 aromatic carbocycles. The average molecular weight is 316 g/mol. The van der Waals surface area contributed by atoms with Crippen molar-refractivity contribution < 1.29 is 17.9 Å². The number of nitrogens with zero attached hydrogens (tertiary/aromatic N) is 1. The van der Waals surface area contributed by atoms with Gasteiger partial charge in [-0.1, -0.05) is 6.07 Å². The Bertz CT molecular complexity index is 941. The van der Waals surface area contributed by atoms with E-state index in [2.05, 4.69) is 0 Å². The number of nitrogens with two attached hydrogens (primary N) is 1. The molecule has 116 valence electrons. The lowest BCUT2D eigenvalue weighted by Gasteiger charge is -2.25. The predicted octanol–water partition coefficient (Wildman–Crippen LogP) is 2.44. The fourth-order valence-electron chi connectivity index (χ4n) is 2.54. The van der Waals surface area contributed by atoms with Gasteiger partial charge in [-0.05, 0) is 24.6 Å². The molecule has 0 saturated carbocycles. The first-order chi connectivity index (χ1) is 10.9. The van der Waals surface area contributed by atoms with Crippen LogP contribution in [0.1, 0.15) is 22.8 Å². The second-order valence-corrected chi connectivity index (χ2v) is 5.02. The van der Waals surface area contributed by atoms with Gasteiger partial charge in [-0.25, -0.2) is 13.6 Å². The third kappa shape index (κ3) is 2.34. The molecule has 2 heterocycles. The number of allylic oxidation sites excluding steroid dienone is 1. The zero-order valence-electron chi connectivity index (χ0n) is 11.9. The fraction of sp³-hybridized carbons (Fsp3) is 0.125. The van der Waals surface area contributed by atoms with Gasteiger partial charge in [0.2, 0.25) is 5.88 Å². The van der Waals surface area contributed by atoms with Gasteiger partial charge < -0.3 is 14.9 Å². The number of benzene rings is 1. The lowest BCUT2D eigenvalue weighted by molar-refractivity contribution is 0.371. The van der Waals surface area contributed by atoms with Crippen molar-refractivity contribution >= 4 is 0 Å². The van der Waals surface area contributed by atoms with Crippen molar-refractivity contribution in [1.29, 1.82) is 5.26 Å². The zero-order chi connectivity index (χ0) is 16.7. The van der Waals surface area contributed by atoms with Crippen LogP contribution in [-0.2, 0) is 0 Å². The lowest BCUT2D eigenvalue weighted by atomic mass is 9.84. The fourth-order valence-corrected chi connectivity index (χ4v) is 2.54. The Morgan fingerprint density at radius 2 is 2.00 bits per heavy atom. The van der Waals surface area contributed by atoms with E-state index in [0.717, 1.165) is 12.1 Å². The van der Waals surface area contributed by atoms with Gasteiger partial charge in [0.05, 0.1) is 11.5 Å². The van der Waals surface area contributed by atoms with Crippen LogP contribution in [0.2, 0.25) is 0 Å². The molecule has 23 heavy (non-hydrogen) atoms. The minimum atomic E-state index is -1.09. The lowest BCUT2D eigenvalue weighted by Crippen LogP contribution is -2.26. The number of hydrogen-bond donors (Lipinski definition) is 1. The van der Waals surface area contributed by atoms with Crippen molar-refractivity contribution in [1.82, 2.24) is 0 Å². The van der Waals surface area contributed by atoms with Crippen LogP contribution in [0.5, 0.6) is 5.75 Å². The minimum Gasteiger partial charge on any atom is -0.440 e. The number of rotatable bonds is 1. The SMILES string of the molecule is Cc1cc2c(c(=O)o1)[C@@H](c1ccc(F)c(F)c1)C(C#N)=C(N)O2. The van der Waals surface area contributed by atoms with Gasteiger partial charge in [-0.15, -0.1) is 0 Å². The molecule has 0 saturated heterocycles. The van der Waals surface area contributed by atoms with Crippen molar-refractivity contribution in [3.63, 3.8) is 0 Å². The molecule has 1 atom stereocenters. The Balaban J connectivity index is 2.31.